The van der Waals surface area contributed by atoms with E-state index < -0.39 is 0 Å². The van der Waals surface area contributed by atoms with Crippen LogP contribution in [-0.2, 0) is 0 Å². The van der Waals surface area contributed by atoms with E-state index in [0.717, 1.165) is 5.56 Å². The molecule has 0 saturated carbocycles. The molecule has 0 aliphatic rings. The minimum atomic E-state index is -0.345. The number of ether oxygens (including phenoxy) is 1. The van der Waals surface area contributed by atoms with Gasteiger partial charge in [0.2, 0.25) is 5.88 Å². The highest BCUT2D eigenvalue weighted by Crippen LogP contribution is 2.29. The summed E-state index contributed by atoms with van der Waals surface area (Å²) in [6, 6.07) is 6.15. The molecule has 0 atom stereocenters. The van der Waals surface area contributed by atoms with Crippen molar-refractivity contribution < 1.29 is 9.13 Å². The third-order valence-corrected chi connectivity index (χ3v) is 2.88. The molecule has 1 aromatic heterocycles. The van der Waals surface area contributed by atoms with Crippen molar-refractivity contribution in [3.05, 3.63) is 46.3 Å². The molecule has 1 aromatic carbocycles. The van der Waals surface area contributed by atoms with E-state index in [1.54, 1.807) is 12.3 Å². The summed E-state index contributed by atoms with van der Waals surface area (Å²) in [7, 11) is 0. The highest BCUT2D eigenvalue weighted by atomic mass is 79.9. The highest BCUT2D eigenvalue weighted by Gasteiger charge is 2.07. The molecular weight excluding hydrogens is 287 g/mol. The first-order valence-electron chi connectivity index (χ1n) is 4.92. The van der Waals surface area contributed by atoms with E-state index in [1.807, 2.05) is 6.92 Å². The summed E-state index contributed by atoms with van der Waals surface area (Å²) >= 11 is 3.09. The van der Waals surface area contributed by atoms with Gasteiger partial charge in [0, 0.05) is 6.20 Å². The summed E-state index contributed by atoms with van der Waals surface area (Å²) in [6.45, 7) is 1.87. The lowest BCUT2D eigenvalue weighted by molar-refractivity contribution is 0.463. The number of nitrogen functional groups attached to an aromatic ring is 1. The summed E-state index contributed by atoms with van der Waals surface area (Å²) in [6.07, 6.45) is 1.61. The molecular formula is C12H10BrFN2O. The topological polar surface area (TPSA) is 48.1 Å². The molecule has 2 rings (SSSR count). The van der Waals surface area contributed by atoms with Crippen LogP contribution >= 0.6 is 15.9 Å². The molecule has 17 heavy (non-hydrogen) atoms. The van der Waals surface area contributed by atoms with Crippen LogP contribution in [0.4, 0.5) is 10.1 Å². The number of benzene rings is 1. The van der Waals surface area contributed by atoms with E-state index in [1.165, 1.54) is 18.2 Å². The third-order valence-electron chi connectivity index (χ3n) is 2.28. The van der Waals surface area contributed by atoms with E-state index in [9.17, 15) is 4.39 Å². The Hall–Kier alpha value is -1.62. The van der Waals surface area contributed by atoms with Gasteiger partial charge < -0.3 is 10.5 Å². The molecule has 0 bridgehead atoms. The van der Waals surface area contributed by atoms with Crippen molar-refractivity contribution in [1.29, 1.82) is 0 Å². The maximum Gasteiger partial charge on any atom is 0.242 e. The quantitative estimate of drug-likeness (QED) is 0.920. The van der Waals surface area contributed by atoms with E-state index in [2.05, 4.69) is 20.9 Å². The summed E-state index contributed by atoms with van der Waals surface area (Å²) in [5.74, 6) is 0.453. The fraction of sp³-hybridized carbons (Fsp3) is 0.0833. The summed E-state index contributed by atoms with van der Waals surface area (Å²) < 4.78 is 18.9. The van der Waals surface area contributed by atoms with Gasteiger partial charge in [0.05, 0.1) is 10.2 Å². The number of aryl methyl sites for hydroxylation is 1. The monoisotopic (exact) mass is 296 g/mol. The molecule has 5 heteroatoms. The van der Waals surface area contributed by atoms with Gasteiger partial charge in [-0.25, -0.2) is 9.37 Å². The second-order valence-corrected chi connectivity index (χ2v) is 4.38. The zero-order chi connectivity index (χ0) is 12.4. The molecule has 88 valence electrons. The lowest BCUT2D eigenvalue weighted by Gasteiger charge is -2.09. The van der Waals surface area contributed by atoms with Crippen LogP contribution in [0.3, 0.4) is 0 Å². The minimum absolute atomic E-state index is 0.323. The normalized spacial score (nSPS) is 10.3. The highest BCUT2D eigenvalue weighted by molar-refractivity contribution is 9.10. The minimum Gasteiger partial charge on any atom is -0.437 e. The molecule has 0 amide bonds. The van der Waals surface area contributed by atoms with Gasteiger partial charge in [0.1, 0.15) is 11.6 Å². The third kappa shape index (κ3) is 2.55. The zero-order valence-corrected chi connectivity index (χ0v) is 10.7. The Morgan fingerprint density at radius 3 is 2.82 bits per heavy atom. The number of pyridine rings is 1. The summed E-state index contributed by atoms with van der Waals surface area (Å²) in [5, 5.41) is 0. The second-order valence-electron chi connectivity index (χ2n) is 3.52. The Bertz CT molecular complexity index is 560. The molecule has 0 aliphatic carbocycles. The smallest absolute Gasteiger partial charge is 0.242 e. The number of anilines is 1. The van der Waals surface area contributed by atoms with E-state index in [0.29, 0.717) is 21.8 Å². The van der Waals surface area contributed by atoms with Crippen LogP contribution < -0.4 is 10.5 Å². The maximum atomic E-state index is 13.0. The van der Waals surface area contributed by atoms with Crippen LogP contribution in [0, 0.1) is 12.7 Å². The van der Waals surface area contributed by atoms with E-state index in [-0.39, 0.29) is 5.82 Å². The predicted octanol–water partition coefficient (Wildman–Crippen LogP) is 3.67. The number of halogens is 2. The Labute approximate surface area is 107 Å². The maximum absolute atomic E-state index is 13.0. The van der Waals surface area contributed by atoms with Gasteiger partial charge in [-0.05, 0) is 52.7 Å². The largest absolute Gasteiger partial charge is 0.437 e. The van der Waals surface area contributed by atoms with E-state index >= 15 is 0 Å². The average molecular weight is 297 g/mol. The van der Waals surface area contributed by atoms with Crippen molar-refractivity contribution in [3.63, 3.8) is 0 Å². The summed E-state index contributed by atoms with van der Waals surface area (Å²) in [4.78, 5) is 4.03. The van der Waals surface area contributed by atoms with Crippen molar-refractivity contribution in [2.75, 3.05) is 5.73 Å². The van der Waals surface area contributed by atoms with Crippen LogP contribution in [0.15, 0.2) is 34.9 Å². The first-order valence-corrected chi connectivity index (χ1v) is 5.71. The fourth-order valence-corrected chi connectivity index (χ4v) is 1.64. The number of aromatic nitrogens is 1. The number of rotatable bonds is 2. The van der Waals surface area contributed by atoms with Gasteiger partial charge in [0.15, 0.2) is 0 Å². The van der Waals surface area contributed by atoms with Crippen molar-refractivity contribution in [2.45, 2.75) is 6.92 Å². The van der Waals surface area contributed by atoms with Crippen LogP contribution in [0.25, 0.3) is 0 Å². The van der Waals surface area contributed by atoms with Crippen LogP contribution in [0.5, 0.6) is 11.6 Å². The molecule has 0 fully saturated rings. The van der Waals surface area contributed by atoms with Crippen molar-refractivity contribution >= 4 is 21.6 Å². The molecule has 0 unspecified atom stereocenters. The van der Waals surface area contributed by atoms with Gasteiger partial charge >= 0.3 is 0 Å². The number of nitrogens with two attached hydrogens (primary N) is 1. The lowest BCUT2D eigenvalue weighted by atomic mass is 10.2. The fourth-order valence-electron chi connectivity index (χ4n) is 1.28. The molecule has 0 aliphatic heterocycles. The second kappa shape index (κ2) is 4.71. The van der Waals surface area contributed by atoms with Crippen molar-refractivity contribution in [2.24, 2.45) is 0 Å². The molecule has 2 aromatic rings. The Balaban J connectivity index is 2.31. The van der Waals surface area contributed by atoms with E-state index in [4.69, 9.17) is 10.5 Å². The van der Waals surface area contributed by atoms with Crippen LogP contribution in [-0.4, -0.2) is 4.98 Å². The lowest BCUT2D eigenvalue weighted by Crippen LogP contribution is -1.97. The Morgan fingerprint density at radius 1 is 1.35 bits per heavy atom. The van der Waals surface area contributed by atoms with Gasteiger partial charge in [-0.2, -0.15) is 0 Å². The predicted molar refractivity (Wildman–Crippen MR) is 67.6 cm³/mol. The molecule has 3 nitrogen and oxygen atoms in total. The molecule has 1 heterocycles. The molecule has 0 radical (unpaired) electrons. The van der Waals surface area contributed by atoms with Gasteiger partial charge in [-0.15, -0.1) is 0 Å². The number of hydrogen-bond donors (Lipinski definition) is 1. The van der Waals surface area contributed by atoms with Crippen molar-refractivity contribution in [1.82, 2.24) is 4.98 Å². The Kier molecular flexibility index (Phi) is 3.28. The molecule has 0 spiro atoms. The number of nitrogens with zero attached hydrogens (tertiary/aromatic N) is 1. The Morgan fingerprint density at radius 2 is 2.12 bits per heavy atom. The SMILES string of the molecule is Cc1ccnc(Oc2ccc(F)c(Br)c2)c1N. The van der Waals surface area contributed by atoms with Gasteiger partial charge in [-0.1, -0.05) is 0 Å². The molecule has 2 N–H and O–H groups in total. The number of hydrogen-bond acceptors (Lipinski definition) is 3. The molecule has 0 saturated heterocycles. The van der Waals surface area contributed by atoms with Crippen LogP contribution in [0.2, 0.25) is 0 Å². The summed E-state index contributed by atoms with van der Waals surface area (Å²) in [5.41, 5.74) is 7.19. The van der Waals surface area contributed by atoms with Gasteiger partial charge in [0.25, 0.3) is 0 Å². The zero-order valence-electron chi connectivity index (χ0n) is 9.08. The first kappa shape index (κ1) is 11.9. The van der Waals surface area contributed by atoms with Gasteiger partial charge in [-0.3, -0.25) is 0 Å². The average Bonchev–Trinajstić information content (AvgIpc) is 2.30. The first-order chi connectivity index (χ1) is 8.08. The van der Waals surface area contributed by atoms with Crippen molar-refractivity contribution in [3.8, 4) is 11.6 Å². The standard InChI is InChI=1S/C12H10BrFN2O/c1-7-4-5-16-12(11(7)15)17-8-2-3-10(14)9(13)6-8/h2-6H,15H2,1H3. The van der Waals surface area contributed by atoms with Crippen LogP contribution in [0.1, 0.15) is 5.56 Å².